The zero-order chi connectivity index (χ0) is 11.5. The van der Waals surface area contributed by atoms with Gasteiger partial charge in [0.05, 0.1) is 5.60 Å². The zero-order valence-corrected chi connectivity index (χ0v) is 10.0. The molecule has 0 aromatic carbocycles. The van der Waals surface area contributed by atoms with E-state index in [1.807, 2.05) is 12.3 Å². The van der Waals surface area contributed by atoms with Crippen LogP contribution in [-0.2, 0) is 5.60 Å². The molecule has 17 heavy (non-hydrogen) atoms. The first-order chi connectivity index (χ1) is 8.27. The molecule has 4 saturated carbocycles. The van der Waals surface area contributed by atoms with Gasteiger partial charge in [0.2, 0.25) is 0 Å². The number of rotatable bonds is 1. The predicted octanol–water partition coefficient (Wildman–Crippen LogP) is 2.73. The van der Waals surface area contributed by atoms with Crippen LogP contribution in [0, 0.1) is 23.7 Å². The smallest absolute Gasteiger partial charge is 0.0967 e. The lowest BCUT2D eigenvalue weighted by atomic mass is 9.48. The van der Waals surface area contributed by atoms with Crippen molar-refractivity contribution in [3.05, 3.63) is 30.1 Å². The quantitative estimate of drug-likeness (QED) is 0.803. The van der Waals surface area contributed by atoms with Crippen molar-refractivity contribution in [3.8, 4) is 0 Å². The summed E-state index contributed by atoms with van der Waals surface area (Å²) in [6.45, 7) is 0. The topological polar surface area (TPSA) is 33.1 Å². The lowest BCUT2D eigenvalue weighted by Gasteiger charge is -2.59. The second kappa shape index (κ2) is 3.32. The van der Waals surface area contributed by atoms with E-state index in [4.69, 9.17) is 0 Å². The van der Waals surface area contributed by atoms with Gasteiger partial charge in [-0.3, -0.25) is 4.98 Å². The Morgan fingerprint density at radius 1 is 1.06 bits per heavy atom. The van der Waals surface area contributed by atoms with Crippen molar-refractivity contribution in [2.24, 2.45) is 23.7 Å². The zero-order valence-electron chi connectivity index (χ0n) is 10.0. The van der Waals surface area contributed by atoms with Gasteiger partial charge in [-0.05, 0) is 61.8 Å². The van der Waals surface area contributed by atoms with E-state index < -0.39 is 5.60 Å². The van der Waals surface area contributed by atoms with Gasteiger partial charge in [-0.1, -0.05) is 6.07 Å². The predicted molar refractivity (Wildman–Crippen MR) is 65.2 cm³/mol. The van der Waals surface area contributed by atoms with Gasteiger partial charge < -0.3 is 5.11 Å². The van der Waals surface area contributed by atoms with E-state index in [1.165, 1.54) is 32.1 Å². The van der Waals surface area contributed by atoms with E-state index in [0.717, 1.165) is 17.4 Å². The molecular weight excluding hydrogens is 210 g/mol. The summed E-state index contributed by atoms with van der Waals surface area (Å²) in [5.74, 6) is 2.77. The first-order valence-electron chi connectivity index (χ1n) is 6.89. The van der Waals surface area contributed by atoms with Gasteiger partial charge in [-0.2, -0.15) is 0 Å². The van der Waals surface area contributed by atoms with Gasteiger partial charge in [0, 0.05) is 18.0 Å². The summed E-state index contributed by atoms with van der Waals surface area (Å²) in [6, 6.07) is 4.02. The van der Waals surface area contributed by atoms with Gasteiger partial charge in [0.1, 0.15) is 0 Å². The van der Waals surface area contributed by atoms with E-state index in [2.05, 4.69) is 11.1 Å². The van der Waals surface area contributed by atoms with Crippen LogP contribution in [0.2, 0.25) is 0 Å². The number of aromatic nitrogens is 1. The molecule has 0 atom stereocenters. The summed E-state index contributed by atoms with van der Waals surface area (Å²) >= 11 is 0. The van der Waals surface area contributed by atoms with Crippen molar-refractivity contribution < 1.29 is 5.11 Å². The Morgan fingerprint density at radius 2 is 1.71 bits per heavy atom. The normalized spacial score (nSPS) is 47.4. The molecule has 4 aliphatic carbocycles. The standard InChI is InChI=1S/C15H19NO/c17-15(12-2-1-3-16-9-12)13-5-10-4-11(7-13)8-14(15)6-10/h1-3,9-11,13-14,17H,4-8H2. The van der Waals surface area contributed by atoms with Gasteiger partial charge in [0.25, 0.3) is 0 Å². The number of hydrogen-bond donors (Lipinski definition) is 1. The van der Waals surface area contributed by atoms with Crippen LogP contribution in [-0.4, -0.2) is 10.1 Å². The fourth-order valence-electron chi connectivity index (χ4n) is 4.97. The number of nitrogens with zero attached hydrogens (tertiary/aromatic N) is 1. The molecule has 4 fully saturated rings. The summed E-state index contributed by atoms with van der Waals surface area (Å²) in [5.41, 5.74) is 0.496. The fourth-order valence-corrected chi connectivity index (χ4v) is 4.97. The molecule has 0 unspecified atom stereocenters. The molecule has 0 spiro atoms. The average Bonchev–Trinajstić information content (AvgIpc) is 2.36. The maximum absolute atomic E-state index is 11.2. The molecule has 2 heteroatoms. The van der Waals surface area contributed by atoms with Gasteiger partial charge in [-0.15, -0.1) is 0 Å². The largest absolute Gasteiger partial charge is 0.385 e. The van der Waals surface area contributed by atoms with Crippen molar-refractivity contribution in [1.82, 2.24) is 4.98 Å². The Hall–Kier alpha value is -0.890. The SMILES string of the molecule is OC1(c2cccnc2)C2CC3CC(C2)CC1C3. The van der Waals surface area contributed by atoms with Gasteiger partial charge >= 0.3 is 0 Å². The Labute approximate surface area is 102 Å². The molecule has 0 saturated heterocycles. The van der Waals surface area contributed by atoms with Gasteiger partial charge in [-0.25, -0.2) is 0 Å². The maximum atomic E-state index is 11.2. The summed E-state index contributed by atoms with van der Waals surface area (Å²) in [7, 11) is 0. The first kappa shape index (κ1) is 10.1. The van der Waals surface area contributed by atoms with E-state index in [-0.39, 0.29) is 0 Å². The number of aliphatic hydroxyl groups is 1. The van der Waals surface area contributed by atoms with Crippen molar-refractivity contribution in [3.63, 3.8) is 0 Å². The Morgan fingerprint density at radius 3 is 2.24 bits per heavy atom. The van der Waals surface area contributed by atoms with E-state index in [1.54, 1.807) is 6.20 Å². The van der Waals surface area contributed by atoms with Crippen LogP contribution in [0.4, 0.5) is 0 Å². The third-order valence-corrected chi connectivity index (χ3v) is 5.51. The molecule has 5 rings (SSSR count). The second-order valence-corrected chi connectivity index (χ2v) is 6.37. The van der Waals surface area contributed by atoms with Crippen molar-refractivity contribution in [1.29, 1.82) is 0 Å². The first-order valence-corrected chi connectivity index (χ1v) is 6.89. The molecule has 1 aromatic heterocycles. The van der Waals surface area contributed by atoms with Crippen LogP contribution in [0.1, 0.15) is 37.7 Å². The molecular formula is C15H19NO. The van der Waals surface area contributed by atoms with Crippen molar-refractivity contribution >= 4 is 0 Å². The van der Waals surface area contributed by atoms with E-state index in [9.17, 15) is 5.11 Å². The van der Waals surface area contributed by atoms with Crippen LogP contribution in [0.5, 0.6) is 0 Å². The molecule has 90 valence electrons. The summed E-state index contributed by atoms with van der Waals surface area (Å²) in [4.78, 5) is 4.20. The molecule has 0 radical (unpaired) electrons. The van der Waals surface area contributed by atoms with Crippen molar-refractivity contribution in [2.45, 2.75) is 37.7 Å². The molecule has 4 aliphatic rings. The Kier molecular flexibility index (Phi) is 1.97. The number of pyridine rings is 1. The average molecular weight is 229 g/mol. The minimum Gasteiger partial charge on any atom is -0.385 e. The Bertz CT molecular complexity index is 400. The lowest BCUT2D eigenvalue weighted by Crippen LogP contribution is -2.55. The highest BCUT2D eigenvalue weighted by Crippen LogP contribution is 2.61. The van der Waals surface area contributed by atoms with Crippen LogP contribution < -0.4 is 0 Å². The van der Waals surface area contributed by atoms with Crippen LogP contribution in [0.3, 0.4) is 0 Å². The summed E-state index contributed by atoms with van der Waals surface area (Å²) in [5, 5.41) is 11.2. The lowest BCUT2D eigenvalue weighted by molar-refractivity contribution is -0.179. The molecule has 4 bridgehead atoms. The van der Waals surface area contributed by atoms with Crippen molar-refractivity contribution in [2.75, 3.05) is 0 Å². The highest BCUT2D eigenvalue weighted by Gasteiger charge is 2.57. The third-order valence-electron chi connectivity index (χ3n) is 5.51. The monoisotopic (exact) mass is 229 g/mol. The molecule has 0 amide bonds. The number of hydrogen-bond acceptors (Lipinski definition) is 2. The fraction of sp³-hybridized carbons (Fsp3) is 0.667. The molecule has 1 N–H and O–H groups in total. The second-order valence-electron chi connectivity index (χ2n) is 6.37. The highest BCUT2D eigenvalue weighted by molar-refractivity contribution is 5.24. The molecule has 1 aromatic rings. The molecule has 2 nitrogen and oxygen atoms in total. The van der Waals surface area contributed by atoms with Crippen LogP contribution in [0.15, 0.2) is 24.5 Å². The summed E-state index contributed by atoms with van der Waals surface area (Å²) in [6.07, 6.45) is 10.0. The minimum absolute atomic E-state index is 0.489. The highest BCUT2D eigenvalue weighted by atomic mass is 16.3. The summed E-state index contributed by atoms with van der Waals surface area (Å²) < 4.78 is 0. The maximum Gasteiger partial charge on any atom is 0.0967 e. The third kappa shape index (κ3) is 1.28. The van der Waals surface area contributed by atoms with Crippen LogP contribution >= 0.6 is 0 Å². The minimum atomic E-state index is -0.568. The van der Waals surface area contributed by atoms with Gasteiger partial charge in [0.15, 0.2) is 0 Å². The van der Waals surface area contributed by atoms with E-state index >= 15 is 0 Å². The molecule has 0 aliphatic heterocycles. The van der Waals surface area contributed by atoms with E-state index in [0.29, 0.717) is 11.8 Å². The molecule has 1 heterocycles. The van der Waals surface area contributed by atoms with Crippen LogP contribution in [0.25, 0.3) is 0 Å². The Balaban J connectivity index is 1.78.